The SMILES string of the molecule is CCC[CH2][Sn]([CH2]CCC)([CH2]CCC)[c]1c(Cl)cccc1P(c1ccccc1)c1ccccc1. The Hall–Kier alpha value is -0.821. The van der Waals surface area contributed by atoms with E-state index in [1.165, 1.54) is 62.4 Å². The zero-order chi connectivity index (χ0) is 23.5. The zero-order valence-electron chi connectivity index (χ0n) is 20.7. The number of rotatable bonds is 13. The molecule has 0 bridgehead atoms. The number of benzene rings is 3. The van der Waals surface area contributed by atoms with Gasteiger partial charge in [0.1, 0.15) is 0 Å². The second kappa shape index (κ2) is 13.9. The van der Waals surface area contributed by atoms with Crippen molar-refractivity contribution in [2.24, 2.45) is 0 Å². The van der Waals surface area contributed by atoms with E-state index < -0.39 is 26.3 Å². The average molecular weight is 586 g/mol. The van der Waals surface area contributed by atoms with E-state index in [1.54, 1.807) is 8.88 Å². The Balaban J connectivity index is 2.26. The fourth-order valence-electron chi connectivity index (χ4n) is 5.10. The van der Waals surface area contributed by atoms with Crippen LogP contribution >= 0.6 is 19.5 Å². The summed E-state index contributed by atoms with van der Waals surface area (Å²) in [6.45, 7) is 7.06. The molecule has 3 heteroatoms. The van der Waals surface area contributed by atoms with Gasteiger partial charge >= 0.3 is 214 Å². The third-order valence-corrected chi connectivity index (χ3v) is 26.5. The van der Waals surface area contributed by atoms with E-state index in [0.29, 0.717) is 0 Å². The average Bonchev–Trinajstić information content (AvgIpc) is 2.86. The van der Waals surface area contributed by atoms with Crippen LogP contribution in [0, 0.1) is 0 Å². The summed E-state index contributed by atoms with van der Waals surface area (Å²) >= 11 is 4.48. The van der Waals surface area contributed by atoms with Gasteiger partial charge in [-0.2, -0.15) is 0 Å². The van der Waals surface area contributed by atoms with E-state index in [4.69, 9.17) is 11.6 Å². The van der Waals surface area contributed by atoms with Crippen molar-refractivity contribution in [1.82, 2.24) is 0 Å². The van der Waals surface area contributed by atoms with Crippen molar-refractivity contribution < 1.29 is 0 Å². The van der Waals surface area contributed by atoms with Crippen LogP contribution in [-0.4, -0.2) is 18.4 Å². The van der Waals surface area contributed by atoms with Crippen molar-refractivity contribution in [3.05, 3.63) is 83.9 Å². The Morgan fingerprint density at radius 2 is 1.06 bits per heavy atom. The summed E-state index contributed by atoms with van der Waals surface area (Å²) in [5.41, 5.74) is 0. The minimum absolute atomic E-state index is 0.624. The number of halogens is 1. The topological polar surface area (TPSA) is 0 Å². The molecule has 0 aliphatic carbocycles. The van der Waals surface area contributed by atoms with Gasteiger partial charge in [-0.05, 0) is 0 Å². The third kappa shape index (κ3) is 6.87. The predicted octanol–water partition coefficient (Wildman–Crippen LogP) is 8.15. The molecule has 3 aromatic carbocycles. The molecule has 0 atom stereocenters. The Bertz CT molecular complexity index is 896. The monoisotopic (exact) mass is 586 g/mol. The van der Waals surface area contributed by atoms with Crippen molar-refractivity contribution in [1.29, 1.82) is 0 Å². The summed E-state index contributed by atoms with van der Waals surface area (Å²) in [6, 6.07) is 29.2. The van der Waals surface area contributed by atoms with Crippen molar-refractivity contribution >= 4 is 57.4 Å². The van der Waals surface area contributed by atoms with E-state index >= 15 is 0 Å². The first-order valence-corrected chi connectivity index (χ1v) is 22.1. The van der Waals surface area contributed by atoms with Crippen molar-refractivity contribution in [2.45, 2.75) is 72.6 Å². The molecule has 0 radical (unpaired) electrons. The standard InChI is InChI=1S/C18H13ClP.3C4H9.Sn/c19-15-8-7-13-18(14-15)20(16-9-3-1-4-10-16)17-11-5-2-6-12-17;3*1-3-4-2;/h1-13H;3*1,3-4H2,2H3;. The molecule has 0 heterocycles. The van der Waals surface area contributed by atoms with Gasteiger partial charge in [-0.25, -0.2) is 0 Å². The number of hydrogen-bond acceptors (Lipinski definition) is 0. The molecule has 33 heavy (non-hydrogen) atoms. The van der Waals surface area contributed by atoms with Crippen LogP contribution in [0.2, 0.25) is 18.3 Å². The number of hydrogen-bond donors (Lipinski definition) is 0. The molecule has 0 saturated heterocycles. The van der Waals surface area contributed by atoms with Gasteiger partial charge in [0, 0.05) is 0 Å². The molecule has 0 aliphatic rings. The first kappa shape index (κ1) is 26.8. The zero-order valence-corrected chi connectivity index (χ0v) is 25.2. The maximum atomic E-state index is 7.23. The maximum absolute atomic E-state index is 7.23. The Morgan fingerprint density at radius 1 is 0.606 bits per heavy atom. The second-order valence-electron chi connectivity index (χ2n) is 9.23. The third-order valence-electron chi connectivity index (χ3n) is 6.82. The fraction of sp³-hybridized carbons (Fsp3) is 0.400. The molecule has 0 amide bonds. The Kier molecular flexibility index (Phi) is 11.3. The Morgan fingerprint density at radius 3 is 1.48 bits per heavy atom. The summed E-state index contributed by atoms with van der Waals surface area (Å²) in [4.78, 5) is 0. The van der Waals surface area contributed by atoms with Gasteiger partial charge in [0.15, 0.2) is 0 Å². The van der Waals surface area contributed by atoms with Crippen LogP contribution < -0.4 is 19.5 Å². The Labute approximate surface area is 212 Å². The van der Waals surface area contributed by atoms with Gasteiger partial charge < -0.3 is 0 Å². The summed E-state index contributed by atoms with van der Waals surface area (Å²) in [7, 11) is -0.624. The van der Waals surface area contributed by atoms with Gasteiger partial charge in [-0.3, -0.25) is 0 Å². The van der Waals surface area contributed by atoms with Crippen molar-refractivity contribution in [3.63, 3.8) is 0 Å². The molecule has 0 N–H and O–H groups in total. The van der Waals surface area contributed by atoms with Gasteiger partial charge in [-0.15, -0.1) is 0 Å². The summed E-state index contributed by atoms with van der Waals surface area (Å²) < 4.78 is 5.97. The first-order chi connectivity index (χ1) is 16.2. The van der Waals surface area contributed by atoms with Gasteiger partial charge in [0.05, 0.1) is 0 Å². The molecule has 0 aliphatic heterocycles. The molecule has 3 rings (SSSR count). The normalized spacial score (nSPS) is 11.8. The van der Waals surface area contributed by atoms with Crippen LogP contribution in [0.5, 0.6) is 0 Å². The molecule has 0 unspecified atom stereocenters. The fourth-order valence-corrected chi connectivity index (χ4v) is 28.2. The van der Waals surface area contributed by atoms with E-state index in [0.717, 1.165) is 5.02 Å². The molecular formula is C30H40ClPSn. The summed E-state index contributed by atoms with van der Waals surface area (Å²) in [5, 5.41) is 5.48. The van der Waals surface area contributed by atoms with Gasteiger partial charge in [0.25, 0.3) is 0 Å². The molecule has 0 spiro atoms. The van der Waals surface area contributed by atoms with Gasteiger partial charge in [-0.1, -0.05) is 0 Å². The molecular weight excluding hydrogens is 545 g/mol. The van der Waals surface area contributed by atoms with Gasteiger partial charge in [0.2, 0.25) is 0 Å². The summed E-state index contributed by atoms with van der Waals surface area (Å²) in [5.74, 6) is 0. The van der Waals surface area contributed by atoms with E-state index in [1.807, 2.05) is 0 Å². The van der Waals surface area contributed by atoms with Crippen LogP contribution in [0.25, 0.3) is 0 Å². The first-order valence-electron chi connectivity index (χ1n) is 12.9. The van der Waals surface area contributed by atoms with Crippen LogP contribution in [0.3, 0.4) is 0 Å². The van der Waals surface area contributed by atoms with Crippen molar-refractivity contribution in [2.75, 3.05) is 0 Å². The molecule has 0 fully saturated rings. The van der Waals surface area contributed by atoms with Crippen LogP contribution in [0.1, 0.15) is 59.3 Å². The van der Waals surface area contributed by atoms with E-state index in [9.17, 15) is 0 Å². The predicted molar refractivity (Wildman–Crippen MR) is 155 cm³/mol. The van der Waals surface area contributed by atoms with E-state index in [2.05, 4.69) is 99.6 Å². The minimum atomic E-state index is -2.75. The van der Waals surface area contributed by atoms with E-state index in [-0.39, 0.29) is 0 Å². The summed E-state index contributed by atoms with van der Waals surface area (Å²) in [6.07, 6.45) is 7.89. The molecule has 0 aromatic heterocycles. The van der Waals surface area contributed by atoms with Crippen LogP contribution in [-0.2, 0) is 0 Å². The van der Waals surface area contributed by atoms with Crippen LogP contribution in [0.15, 0.2) is 78.9 Å². The molecule has 0 saturated carbocycles. The quantitative estimate of drug-likeness (QED) is 0.140. The molecule has 176 valence electrons. The molecule has 0 nitrogen and oxygen atoms in total. The molecule has 3 aromatic rings. The van der Waals surface area contributed by atoms with Crippen LogP contribution in [0.4, 0.5) is 0 Å². The van der Waals surface area contributed by atoms with Crippen molar-refractivity contribution in [3.8, 4) is 0 Å². The second-order valence-corrected chi connectivity index (χ2v) is 24.8. The number of unbranched alkanes of at least 4 members (excludes halogenated alkanes) is 3.